The van der Waals surface area contributed by atoms with Crippen LogP contribution in [0.25, 0.3) is 0 Å². The normalized spacial score (nSPS) is 21.8. The fourth-order valence-electron chi connectivity index (χ4n) is 4.62. The van der Waals surface area contributed by atoms with Crippen molar-refractivity contribution in [1.29, 1.82) is 0 Å². The summed E-state index contributed by atoms with van der Waals surface area (Å²) in [6, 6.07) is 8.62. The molecule has 2 aliphatic rings. The quantitative estimate of drug-likeness (QED) is 0.586. The number of nitrogens with zero attached hydrogens (tertiary/aromatic N) is 2. The molecule has 4 rings (SSSR count). The summed E-state index contributed by atoms with van der Waals surface area (Å²) in [6.45, 7) is 5.50. The van der Waals surface area contributed by atoms with Gasteiger partial charge < -0.3 is 4.90 Å². The number of halogens is 1. The van der Waals surface area contributed by atoms with Crippen LogP contribution < -0.4 is 4.72 Å². The fourth-order valence-corrected chi connectivity index (χ4v) is 6.69. The second-order valence-electron chi connectivity index (χ2n) is 10.1. The summed E-state index contributed by atoms with van der Waals surface area (Å²) < 4.78 is 64.9. The van der Waals surface area contributed by atoms with Gasteiger partial charge in [-0.1, -0.05) is 32.9 Å². The summed E-state index contributed by atoms with van der Waals surface area (Å²) in [5.41, 5.74) is -0.0104. The summed E-state index contributed by atoms with van der Waals surface area (Å²) in [5.74, 6) is -3.44. The third kappa shape index (κ3) is 5.05. The van der Waals surface area contributed by atoms with Crippen molar-refractivity contribution in [1.82, 2.24) is 4.90 Å². The molecule has 1 amide bonds. The number of amides is 1. The fraction of sp³-hybridized carbons (Fsp3) is 0.375. The maximum atomic E-state index is 13.6. The van der Waals surface area contributed by atoms with E-state index in [1.54, 1.807) is 0 Å². The van der Waals surface area contributed by atoms with Crippen LogP contribution in [-0.4, -0.2) is 57.2 Å². The van der Waals surface area contributed by atoms with Crippen molar-refractivity contribution in [3.05, 3.63) is 53.8 Å². The molecule has 2 aromatic rings. The van der Waals surface area contributed by atoms with Gasteiger partial charge in [0.05, 0.1) is 34.3 Å². The van der Waals surface area contributed by atoms with Crippen molar-refractivity contribution in [2.24, 2.45) is 16.3 Å². The van der Waals surface area contributed by atoms with E-state index in [2.05, 4.69) is 9.71 Å². The Kier molecular flexibility index (Phi) is 6.32. The van der Waals surface area contributed by atoms with Gasteiger partial charge in [0.1, 0.15) is 11.7 Å². The molecule has 0 aromatic heterocycles. The SMILES string of the molecule is CC(C)(C)[C@H]1C(=O)C(C2=Nc3ccc(NS(C)(=O)=O)cc3S(=O)(=O)C2)C(=O)N1Cc1ccc(F)cc1. The van der Waals surface area contributed by atoms with Crippen molar-refractivity contribution in [3.63, 3.8) is 0 Å². The van der Waals surface area contributed by atoms with Crippen LogP contribution in [0.2, 0.25) is 0 Å². The number of ketones is 1. The molecule has 0 radical (unpaired) electrons. The number of nitrogens with one attached hydrogen (secondary N) is 1. The van der Waals surface area contributed by atoms with Gasteiger partial charge in [-0.25, -0.2) is 21.2 Å². The van der Waals surface area contributed by atoms with Crippen LogP contribution in [0.1, 0.15) is 26.3 Å². The Labute approximate surface area is 209 Å². The maximum absolute atomic E-state index is 13.6. The molecule has 0 aliphatic carbocycles. The maximum Gasteiger partial charge on any atom is 0.239 e. The van der Waals surface area contributed by atoms with E-state index >= 15 is 0 Å². The molecule has 2 atom stereocenters. The van der Waals surface area contributed by atoms with E-state index in [9.17, 15) is 30.8 Å². The van der Waals surface area contributed by atoms with Crippen LogP contribution in [-0.2, 0) is 36.0 Å². The molecule has 2 aromatic carbocycles. The molecule has 0 spiro atoms. The second-order valence-corrected chi connectivity index (χ2v) is 13.8. The van der Waals surface area contributed by atoms with Gasteiger partial charge in [0, 0.05) is 12.2 Å². The zero-order valence-corrected chi connectivity index (χ0v) is 21.8. The Hall–Kier alpha value is -3.12. The summed E-state index contributed by atoms with van der Waals surface area (Å²) >= 11 is 0. The largest absolute Gasteiger partial charge is 0.327 e. The monoisotopic (exact) mass is 535 g/mol. The van der Waals surface area contributed by atoms with E-state index in [4.69, 9.17) is 0 Å². The molecule has 192 valence electrons. The number of anilines is 1. The Morgan fingerprint density at radius 1 is 1.11 bits per heavy atom. The highest BCUT2D eigenvalue weighted by Crippen LogP contribution is 2.39. The minimum absolute atomic E-state index is 0.0280. The number of carbonyl (C=O) groups is 2. The van der Waals surface area contributed by atoms with E-state index in [1.807, 2.05) is 20.8 Å². The molecule has 1 unspecified atom stereocenters. The third-order valence-corrected chi connectivity index (χ3v) is 8.29. The van der Waals surface area contributed by atoms with Crippen LogP contribution in [0, 0.1) is 17.2 Å². The highest BCUT2D eigenvalue weighted by Gasteiger charge is 2.54. The number of hydrogen-bond donors (Lipinski definition) is 1. The molecule has 0 bridgehead atoms. The van der Waals surface area contributed by atoms with Gasteiger partial charge in [0.15, 0.2) is 15.6 Å². The summed E-state index contributed by atoms with van der Waals surface area (Å²) in [4.78, 5) is 32.7. The molecule has 0 saturated carbocycles. The standard InChI is InChI=1S/C24H26FN3O6S2/c1-24(2,3)22-21(29)20(23(30)28(22)12-14-5-7-15(25)8-6-14)18-13-36(33,34)19-11-16(27-35(4,31)32)9-10-17(19)26-18/h5-11,20,22,27H,12-13H2,1-4H3/t20?,22-/m1/s1. The number of likely N-dealkylation sites (tertiary alicyclic amines) is 1. The minimum Gasteiger partial charge on any atom is -0.327 e. The van der Waals surface area contributed by atoms with Crippen molar-refractivity contribution in [3.8, 4) is 0 Å². The first-order valence-electron chi connectivity index (χ1n) is 11.1. The Morgan fingerprint density at radius 2 is 1.75 bits per heavy atom. The van der Waals surface area contributed by atoms with Gasteiger partial charge in [0.2, 0.25) is 15.9 Å². The van der Waals surface area contributed by atoms with E-state index < -0.39 is 60.5 Å². The van der Waals surface area contributed by atoms with Gasteiger partial charge in [-0.2, -0.15) is 0 Å². The number of aliphatic imine (C=N–C) groups is 1. The van der Waals surface area contributed by atoms with E-state index in [1.165, 1.54) is 47.4 Å². The minimum atomic E-state index is -4.02. The van der Waals surface area contributed by atoms with Gasteiger partial charge >= 0.3 is 0 Å². The topological polar surface area (TPSA) is 130 Å². The highest BCUT2D eigenvalue weighted by atomic mass is 32.2. The summed E-state index contributed by atoms with van der Waals surface area (Å²) in [7, 11) is -7.65. The van der Waals surface area contributed by atoms with Crippen LogP contribution in [0.15, 0.2) is 52.4 Å². The molecule has 9 nitrogen and oxygen atoms in total. The van der Waals surface area contributed by atoms with Gasteiger partial charge in [-0.15, -0.1) is 0 Å². The Morgan fingerprint density at radius 3 is 2.33 bits per heavy atom. The smallest absolute Gasteiger partial charge is 0.239 e. The molecule has 1 fully saturated rings. The second kappa shape index (κ2) is 8.77. The molecule has 2 aliphatic heterocycles. The summed E-state index contributed by atoms with van der Waals surface area (Å²) in [6.07, 6.45) is 0.942. The first-order chi connectivity index (χ1) is 16.6. The van der Waals surface area contributed by atoms with Gasteiger partial charge in [-0.05, 0) is 41.3 Å². The number of sulfone groups is 1. The average molecular weight is 536 g/mol. The zero-order valence-electron chi connectivity index (χ0n) is 20.1. The van der Waals surface area contributed by atoms with Crippen molar-refractivity contribution < 1.29 is 30.8 Å². The van der Waals surface area contributed by atoms with E-state index in [-0.39, 0.29) is 28.5 Å². The molecule has 12 heteroatoms. The average Bonchev–Trinajstić information content (AvgIpc) is 2.98. The van der Waals surface area contributed by atoms with Crippen LogP contribution >= 0.6 is 0 Å². The predicted octanol–water partition coefficient (Wildman–Crippen LogP) is 2.70. The van der Waals surface area contributed by atoms with E-state index in [0.29, 0.717) is 5.56 Å². The molecular formula is C24H26FN3O6S2. The lowest BCUT2D eigenvalue weighted by Crippen LogP contribution is -2.44. The Balaban J connectivity index is 1.74. The van der Waals surface area contributed by atoms with Gasteiger partial charge in [-0.3, -0.25) is 19.3 Å². The van der Waals surface area contributed by atoms with Crippen LogP contribution in [0.3, 0.4) is 0 Å². The number of fused-ring (bicyclic) bond motifs is 1. The molecule has 2 heterocycles. The number of hydrogen-bond acceptors (Lipinski definition) is 7. The van der Waals surface area contributed by atoms with E-state index in [0.717, 1.165) is 6.26 Å². The molecule has 1 saturated heterocycles. The van der Waals surface area contributed by atoms with Crippen molar-refractivity contribution >= 4 is 48.6 Å². The lowest BCUT2D eigenvalue weighted by molar-refractivity contribution is -0.132. The summed E-state index contributed by atoms with van der Waals surface area (Å²) in [5, 5.41) is 0. The first-order valence-corrected chi connectivity index (χ1v) is 14.6. The number of Topliss-reactive ketones (excluding diaryl/α,β-unsaturated/α-hetero) is 1. The lowest BCUT2D eigenvalue weighted by Gasteiger charge is -2.33. The Bertz CT molecular complexity index is 1490. The highest BCUT2D eigenvalue weighted by molar-refractivity contribution is 7.92. The number of carbonyl (C=O) groups excluding carboxylic acids is 2. The zero-order chi connectivity index (χ0) is 26.6. The number of sulfonamides is 1. The van der Waals surface area contributed by atoms with Crippen LogP contribution in [0.4, 0.5) is 15.8 Å². The molecule has 36 heavy (non-hydrogen) atoms. The van der Waals surface area contributed by atoms with Gasteiger partial charge in [0.25, 0.3) is 0 Å². The number of benzene rings is 2. The van der Waals surface area contributed by atoms with Crippen molar-refractivity contribution in [2.75, 3.05) is 16.7 Å². The third-order valence-electron chi connectivity index (χ3n) is 6.02. The first kappa shape index (κ1) is 26.0. The molecule has 1 N–H and O–H groups in total. The van der Waals surface area contributed by atoms with Crippen LogP contribution in [0.5, 0.6) is 0 Å². The lowest BCUT2D eigenvalue weighted by atomic mass is 9.82. The number of rotatable bonds is 5. The predicted molar refractivity (Wildman–Crippen MR) is 133 cm³/mol. The van der Waals surface area contributed by atoms with Crippen molar-refractivity contribution in [2.45, 2.75) is 38.3 Å². The molecular weight excluding hydrogens is 509 g/mol.